The molecule has 0 aliphatic heterocycles. The molecule has 2 N–H and O–H groups in total. The first-order valence-corrected chi connectivity index (χ1v) is 7.44. The predicted molar refractivity (Wildman–Crippen MR) is 79.0 cm³/mol. The molecule has 2 aromatic carbocycles. The lowest BCUT2D eigenvalue weighted by molar-refractivity contribution is -0.385. The van der Waals surface area contributed by atoms with E-state index in [9.17, 15) is 18.7 Å². The monoisotopic (exact) mass is 328 g/mol. The third-order valence-electron chi connectivity index (χ3n) is 2.74. The molecule has 0 aliphatic carbocycles. The Morgan fingerprint density at radius 2 is 2.00 bits per heavy atom. The fourth-order valence-electron chi connectivity index (χ4n) is 1.79. The van der Waals surface area contributed by atoms with Gasteiger partial charge in [0.25, 0.3) is 5.69 Å². The zero-order valence-corrected chi connectivity index (χ0v) is 12.2. The average molecular weight is 329 g/mol. The maximum Gasteiger partial charge on any atom is 0.273 e. The van der Waals surface area contributed by atoms with Gasteiger partial charge in [0, 0.05) is 22.3 Å². The van der Waals surface area contributed by atoms with Crippen LogP contribution in [0.5, 0.6) is 0 Å². The Kier molecular flexibility index (Phi) is 4.54. The Hall–Kier alpha value is -1.99. The summed E-state index contributed by atoms with van der Waals surface area (Å²) in [4.78, 5) is 10.6. The summed E-state index contributed by atoms with van der Waals surface area (Å²) in [6.45, 7) is 0. The lowest BCUT2D eigenvalue weighted by Crippen LogP contribution is -2.04. The zero-order valence-electron chi connectivity index (χ0n) is 10.6. The van der Waals surface area contributed by atoms with Crippen LogP contribution in [-0.2, 0) is 16.6 Å². The van der Waals surface area contributed by atoms with E-state index in [1.165, 1.54) is 18.2 Å². The van der Waals surface area contributed by atoms with Crippen LogP contribution in [-0.4, -0.2) is 9.13 Å². The maximum absolute atomic E-state index is 13.2. The molecule has 0 spiro atoms. The summed E-state index contributed by atoms with van der Waals surface area (Å²) in [5.41, 5.74) is 5.71. The molecule has 0 amide bonds. The van der Waals surface area contributed by atoms with Gasteiger partial charge in [-0.1, -0.05) is 11.6 Å². The number of anilines is 1. The third kappa shape index (κ3) is 3.56. The minimum absolute atomic E-state index is 0.0488. The summed E-state index contributed by atoms with van der Waals surface area (Å²) in [5, 5.41) is 11.3. The molecule has 21 heavy (non-hydrogen) atoms. The van der Waals surface area contributed by atoms with Crippen molar-refractivity contribution < 1.29 is 13.5 Å². The normalized spacial score (nSPS) is 12.1. The molecule has 0 aromatic heterocycles. The minimum Gasteiger partial charge on any atom is -0.398 e. The first-order valence-electron chi connectivity index (χ1n) is 5.74. The van der Waals surface area contributed by atoms with E-state index >= 15 is 0 Å². The summed E-state index contributed by atoms with van der Waals surface area (Å²) < 4.78 is 25.5. The van der Waals surface area contributed by atoms with Gasteiger partial charge in [-0.3, -0.25) is 14.3 Å². The van der Waals surface area contributed by atoms with Crippen molar-refractivity contribution in [3.8, 4) is 0 Å². The molecular formula is C13H10ClFN2O3S. The lowest BCUT2D eigenvalue weighted by atomic mass is 10.2. The molecule has 0 fully saturated rings. The summed E-state index contributed by atoms with van der Waals surface area (Å²) in [7, 11) is -1.64. The van der Waals surface area contributed by atoms with E-state index in [2.05, 4.69) is 0 Å². The van der Waals surface area contributed by atoms with Crippen molar-refractivity contribution >= 4 is 33.8 Å². The van der Waals surface area contributed by atoms with Crippen LogP contribution in [0.3, 0.4) is 0 Å². The van der Waals surface area contributed by atoms with Crippen molar-refractivity contribution in [3.05, 3.63) is 62.9 Å². The summed E-state index contributed by atoms with van der Waals surface area (Å²) in [6.07, 6.45) is 0. The number of hydrogen-bond donors (Lipinski definition) is 1. The van der Waals surface area contributed by atoms with E-state index in [4.69, 9.17) is 17.3 Å². The van der Waals surface area contributed by atoms with Crippen molar-refractivity contribution in [1.29, 1.82) is 0 Å². The number of benzene rings is 2. The predicted octanol–water partition coefficient (Wildman–Crippen LogP) is 3.28. The number of nitrogens with two attached hydrogens (primary N) is 1. The second-order valence-electron chi connectivity index (χ2n) is 4.20. The van der Waals surface area contributed by atoms with Gasteiger partial charge in [-0.2, -0.15) is 0 Å². The standard InChI is InChI=1S/C13H10ClFN2O3S/c14-9-1-4-13(11(16)6-9)21(20)7-8-5-10(15)2-3-12(8)17(18)19/h1-6H,7,16H2. The smallest absolute Gasteiger partial charge is 0.273 e. The highest BCUT2D eigenvalue weighted by Gasteiger charge is 2.18. The third-order valence-corrected chi connectivity index (χ3v) is 4.41. The molecule has 5 nitrogen and oxygen atoms in total. The fraction of sp³-hybridized carbons (Fsp3) is 0.0769. The molecule has 0 aliphatic rings. The van der Waals surface area contributed by atoms with E-state index in [0.717, 1.165) is 18.2 Å². The number of nitrogen functional groups attached to an aromatic ring is 1. The lowest BCUT2D eigenvalue weighted by Gasteiger charge is -2.07. The summed E-state index contributed by atoms with van der Waals surface area (Å²) >= 11 is 5.75. The second-order valence-corrected chi connectivity index (χ2v) is 6.06. The van der Waals surface area contributed by atoms with Crippen molar-refractivity contribution in [2.75, 3.05) is 5.73 Å². The second kappa shape index (κ2) is 6.19. The van der Waals surface area contributed by atoms with Crippen LogP contribution < -0.4 is 5.73 Å². The van der Waals surface area contributed by atoms with Gasteiger partial charge in [0.05, 0.1) is 26.4 Å². The molecule has 2 rings (SSSR count). The molecule has 8 heteroatoms. The van der Waals surface area contributed by atoms with E-state index in [0.29, 0.717) is 9.92 Å². The van der Waals surface area contributed by atoms with Crippen molar-refractivity contribution in [3.63, 3.8) is 0 Å². The Bertz CT molecular complexity index is 739. The molecular weight excluding hydrogens is 319 g/mol. The maximum atomic E-state index is 13.2. The van der Waals surface area contributed by atoms with Crippen LogP contribution in [0.1, 0.15) is 5.56 Å². The van der Waals surface area contributed by atoms with Gasteiger partial charge in [0.1, 0.15) is 5.82 Å². The summed E-state index contributed by atoms with van der Waals surface area (Å²) in [6, 6.07) is 7.48. The number of hydrogen-bond acceptors (Lipinski definition) is 4. The topological polar surface area (TPSA) is 86.2 Å². The Morgan fingerprint density at radius 1 is 1.29 bits per heavy atom. The van der Waals surface area contributed by atoms with Gasteiger partial charge >= 0.3 is 0 Å². The minimum atomic E-state index is -1.64. The zero-order chi connectivity index (χ0) is 15.6. The quantitative estimate of drug-likeness (QED) is 0.530. The van der Waals surface area contributed by atoms with Crippen LogP contribution in [0.2, 0.25) is 5.02 Å². The van der Waals surface area contributed by atoms with Gasteiger partial charge in [-0.25, -0.2) is 4.39 Å². The van der Waals surface area contributed by atoms with Crippen LogP contribution >= 0.6 is 11.6 Å². The van der Waals surface area contributed by atoms with E-state index in [1.807, 2.05) is 0 Å². The van der Waals surface area contributed by atoms with Gasteiger partial charge in [0.2, 0.25) is 0 Å². The first kappa shape index (κ1) is 15.4. The highest BCUT2D eigenvalue weighted by molar-refractivity contribution is 7.84. The van der Waals surface area contributed by atoms with Gasteiger partial charge in [0.15, 0.2) is 0 Å². The SMILES string of the molecule is Nc1cc(Cl)ccc1S(=O)Cc1cc(F)ccc1[N+](=O)[O-]. The molecule has 0 radical (unpaired) electrons. The molecule has 110 valence electrons. The van der Waals surface area contributed by atoms with Crippen molar-refractivity contribution in [2.45, 2.75) is 10.6 Å². The first-order chi connectivity index (χ1) is 9.88. The molecule has 0 bridgehead atoms. The number of nitro groups is 1. The molecule has 2 aromatic rings. The molecule has 1 unspecified atom stereocenters. The van der Waals surface area contributed by atoms with Crippen molar-refractivity contribution in [1.82, 2.24) is 0 Å². The number of rotatable bonds is 4. The number of nitro benzene ring substituents is 1. The number of halogens is 2. The van der Waals surface area contributed by atoms with Gasteiger partial charge in [-0.15, -0.1) is 0 Å². The van der Waals surface area contributed by atoms with E-state index < -0.39 is 21.5 Å². The van der Waals surface area contributed by atoms with Crippen LogP contribution in [0.4, 0.5) is 15.8 Å². The highest BCUT2D eigenvalue weighted by atomic mass is 35.5. The molecule has 1 atom stereocenters. The average Bonchev–Trinajstić information content (AvgIpc) is 2.37. The van der Waals surface area contributed by atoms with E-state index in [-0.39, 0.29) is 22.7 Å². The van der Waals surface area contributed by atoms with Gasteiger partial charge in [-0.05, 0) is 30.3 Å². The Labute approximate surface area is 127 Å². The fourth-order valence-corrected chi connectivity index (χ4v) is 3.18. The molecule has 0 saturated heterocycles. The highest BCUT2D eigenvalue weighted by Crippen LogP contribution is 2.26. The largest absolute Gasteiger partial charge is 0.398 e. The summed E-state index contributed by atoms with van der Waals surface area (Å²) in [5.74, 6) is -0.837. The van der Waals surface area contributed by atoms with Crippen molar-refractivity contribution in [2.24, 2.45) is 0 Å². The molecule has 0 saturated carbocycles. The van der Waals surface area contributed by atoms with Crippen LogP contribution in [0, 0.1) is 15.9 Å². The van der Waals surface area contributed by atoms with Gasteiger partial charge < -0.3 is 5.73 Å². The number of nitrogens with zero attached hydrogens (tertiary/aromatic N) is 1. The van der Waals surface area contributed by atoms with E-state index in [1.54, 1.807) is 0 Å². The van der Waals surface area contributed by atoms with Crippen LogP contribution in [0.25, 0.3) is 0 Å². The Morgan fingerprint density at radius 3 is 2.62 bits per heavy atom. The Balaban J connectivity index is 2.35. The van der Waals surface area contributed by atoms with Crippen LogP contribution in [0.15, 0.2) is 41.3 Å². The molecule has 0 heterocycles.